The number of hydrogen-bond donors (Lipinski definition) is 1. The number of allylic oxidation sites excluding steroid dienone is 3. The van der Waals surface area contributed by atoms with Crippen LogP contribution in [-0.4, -0.2) is 33.4 Å². The summed E-state index contributed by atoms with van der Waals surface area (Å²) in [6.07, 6.45) is 5.37. The summed E-state index contributed by atoms with van der Waals surface area (Å²) in [7, 11) is 0. The molecule has 1 aromatic carbocycles. The van der Waals surface area contributed by atoms with E-state index in [9.17, 15) is 29.6 Å². The summed E-state index contributed by atoms with van der Waals surface area (Å²) in [5, 5.41) is 22.3. The van der Waals surface area contributed by atoms with Gasteiger partial charge in [-0.25, -0.2) is 0 Å². The molecule has 7 heteroatoms. The number of benzene rings is 1. The van der Waals surface area contributed by atoms with Crippen LogP contribution in [0.15, 0.2) is 60.4 Å². The highest BCUT2D eigenvalue weighted by atomic mass is 16.6. The van der Waals surface area contributed by atoms with Gasteiger partial charge in [0.15, 0.2) is 11.6 Å². The van der Waals surface area contributed by atoms with Crippen LogP contribution in [0, 0.1) is 16.0 Å². The third-order valence-electron chi connectivity index (χ3n) is 4.88. The molecule has 2 atom stereocenters. The predicted molar refractivity (Wildman–Crippen MR) is 113 cm³/mol. The van der Waals surface area contributed by atoms with Crippen molar-refractivity contribution in [1.29, 1.82) is 0 Å². The molecule has 0 saturated heterocycles. The van der Waals surface area contributed by atoms with E-state index in [1.165, 1.54) is 32.1 Å². The van der Waals surface area contributed by atoms with Gasteiger partial charge in [-0.05, 0) is 37.1 Å². The van der Waals surface area contributed by atoms with Crippen molar-refractivity contribution in [2.24, 2.45) is 5.92 Å². The Hall–Kier alpha value is -3.61. The molecule has 0 amide bonds. The van der Waals surface area contributed by atoms with Crippen LogP contribution in [0.2, 0.25) is 0 Å². The zero-order valence-electron chi connectivity index (χ0n) is 17.0. The molecule has 1 N–H and O–H groups in total. The number of aliphatic hydroxyl groups is 1. The van der Waals surface area contributed by atoms with Crippen LogP contribution in [0.25, 0.3) is 5.57 Å². The maximum Gasteiger partial charge on any atom is 0.238 e. The largest absolute Gasteiger partial charge is 0.507 e. The van der Waals surface area contributed by atoms with Crippen LogP contribution >= 0.6 is 0 Å². The van der Waals surface area contributed by atoms with E-state index in [0.717, 1.165) is 6.08 Å². The molecule has 0 aromatic heterocycles. The van der Waals surface area contributed by atoms with Gasteiger partial charge in [0.1, 0.15) is 11.5 Å². The number of ketones is 3. The summed E-state index contributed by atoms with van der Waals surface area (Å²) < 4.78 is 0. The molecule has 0 spiro atoms. The van der Waals surface area contributed by atoms with E-state index in [1.54, 1.807) is 25.1 Å². The Balaban J connectivity index is 2.80. The van der Waals surface area contributed by atoms with Gasteiger partial charge in [0.05, 0.1) is 5.57 Å². The van der Waals surface area contributed by atoms with Crippen LogP contribution in [0.3, 0.4) is 0 Å². The van der Waals surface area contributed by atoms with E-state index in [0.29, 0.717) is 11.1 Å². The van der Waals surface area contributed by atoms with Crippen molar-refractivity contribution in [2.75, 3.05) is 0 Å². The minimum atomic E-state index is -1.06. The van der Waals surface area contributed by atoms with E-state index < -0.39 is 22.5 Å². The van der Waals surface area contributed by atoms with Crippen molar-refractivity contribution < 1.29 is 24.4 Å². The molecule has 156 valence electrons. The Bertz CT molecular complexity index is 1030. The number of nitro groups is 1. The molecule has 1 aliphatic rings. The first-order valence-electron chi connectivity index (χ1n) is 9.34. The number of Topliss-reactive ketones (excluding diaryl/α,β-unsaturated/α-hetero) is 2. The summed E-state index contributed by atoms with van der Waals surface area (Å²) in [4.78, 5) is 47.2. The molecule has 0 aliphatic heterocycles. The highest BCUT2D eigenvalue weighted by Gasteiger charge is 2.29. The third kappa shape index (κ3) is 4.86. The van der Waals surface area contributed by atoms with Crippen LogP contribution in [0.5, 0.6) is 0 Å². The lowest BCUT2D eigenvalue weighted by atomic mass is 9.87. The molecule has 1 aliphatic carbocycles. The fourth-order valence-corrected chi connectivity index (χ4v) is 3.25. The SMILES string of the molecule is C=CC(=O)/C(=C(\O)C1=CC([N+](=O)[O-])C(C)C=C1)c1cc(C(C)=O)ccc1CC(C)=O. The van der Waals surface area contributed by atoms with Crippen molar-refractivity contribution in [3.05, 3.63) is 87.2 Å². The molecule has 0 radical (unpaired) electrons. The molecule has 30 heavy (non-hydrogen) atoms. The van der Waals surface area contributed by atoms with Gasteiger partial charge >= 0.3 is 0 Å². The highest BCUT2D eigenvalue weighted by molar-refractivity contribution is 6.27. The number of carbonyl (C=O) groups excluding carboxylic acids is 3. The average molecular weight is 409 g/mol. The predicted octanol–water partition coefficient (Wildman–Crippen LogP) is 3.82. The summed E-state index contributed by atoms with van der Waals surface area (Å²) in [6, 6.07) is 3.48. The molecule has 7 nitrogen and oxygen atoms in total. The Kier molecular flexibility index (Phi) is 7.00. The number of carbonyl (C=O) groups is 3. The van der Waals surface area contributed by atoms with Gasteiger partial charge in [0, 0.05) is 34.5 Å². The molecule has 1 aromatic rings. The van der Waals surface area contributed by atoms with Crippen molar-refractivity contribution in [1.82, 2.24) is 0 Å². The highest BCUT2D eigenvalue weighted by Crippen LogP contribution is 2.31. The molecule has 2 unspecified atom stereocenters. The normalized spacial score (nSPS) is 18.8. The Morgan fingerprint density at radius 2 is 1.93 bits per heavy atom. The monoisotopic (exact) mass is 409 g/mol. The molecular formula is C23H23NO6. The van der Waals surface area contributed by atoms with Gasteiger partial charge in [-0.15, -0.1) is 0 Å². The second-order valence-corrected chi connectivity index (χ2v) is 7.22. The lowest BCUT2D eigenvalue weighted by Crippen LogP contribution is -2.26. The average Bonchev–Trinajstić information content (AvgIpc) is 2.68. The maximum atomic E-state index is 12.7. The summed E-state index contributed by atoms with van der Waals surface area (Å²) in [5.74, 6) is -1.92. The Morgan fingerprint density at radius 1 is 1.27 bits per heavy atom. The zero-order valence-corrected chi connectivity index (χ0v) is 17.0. The van der Waals surface area contributed by atoms with Crippen LogP contribution < -0.4 is 0 Å². The van der Waals surface area contributed by atoms with Gasteiger partial charge in [-0.2, -0.15) is 0 Å². The first-order valence-corrected chi connectivity index (χ1v) is 9.34. The lowest BCUT2D eigenvalue weighted by Gasteiger charge is -2.19. The summed E-state index contributed by atoms with van der Waals surface area (Å²) in [6.45, 7) is 7.88. The van der Waals surface area contributed by atoms with Crippen molar-refractivity contribution in [3.63, 3.8) is 0 Å². The zero-order chi connectivity index (χ0) is 22.6. The molecule has 0 bridgehead atoms. The van der Waals surface area contributed by atoms with Crippen LogP contribution in [-0.2, 0) is 16.0 Å². The minimum Gasteiger partial charge on any atom is -0.507 e. The number of rotatable bonds is 8. The smallest absolute Gasteiger partial charge is 0.238 e. The molecule has 0 heterocycles. The number of nitrogens with zero attached hydrogens (tertiary/aromatic N) is 1. The van der Waals surface area contributed by atoms with E-state index in [-0.39, 0.29) is 40.6 Å². The van der Waals surface area contributed by atoms with Gasteiger partial charge < -0.3 is 5.11 Å². The van der Waals surface area contributed by atoms with Gasteiger partial charge in [0.25, 0.3) is 0 Å². The second kappa shape index (κ2) is 9.26. The summed E-state index contributed by atoms with van der Waals surface area (Å²) in [5.41, 5.74) is 0.901. The van der Waals surface area contributed by atoms with E-state index in [2.05, 4.69) is 6.58 Å². The van der Waals surface area contributed by atoms with Gasteiger partial charge in [-0.3, -0.25) is 24.5 Å². The Labute approximate surface area is 174 Å². The van der Waals surface area contributed by atoms with Crippen molar-refractivity contribution in [2.45, 2.75) is 33.2 Å². The quantitative estimate of drug-likeness (QED) is 0.229. The van der Waals surface area contributed by atoms with Crippen molar-refractivity contribution in [3.8, 4) is 0 Å². The topological polar surface area (TPSA) is 115 Å². The Morgan fingerprint density at radius 3 is 2.47 bits per heavy atom. The third-order valence-corrected chi connectivity index (χ3v) is 4.88. The number of hydrogen-bond acceptors (Lipinski definition) is 6. The van der Waals surface area contributed by atoms with Crippen LogP contribution in [0.4, 0.5) is 0 Å². The summed E-state index contributed by atoms with van der Waals surface area (Å²) >= 11 is 0. The minimum absolute atomic E-state index is 0.0157. The molecule has 0 saturated carbocycles. The maximum absolute atomic E-state index is 12.7. The number of aliphatic hydroxyl groups excluding tert-OH is 1. The van der Waals surface area contributed by atoms with Crippen molar-refractivity contribution >= 4 is 22.9 Å². The van der Waals surface area contributed by atoms with E-state index in [1.807, 2.05) is 0 Å². The fourth-order valence-electron chi connectivity index (χ4n) is 3.25. The first kappa shape index (κ1) is 22.7. The van der Waals surface area contributed by atoms with Gasteiger partial charge in [0.2, 0.25) is 6.04 Å². The first-order chi connectivity index (χ1) is 14.1. The standard InChI is InChI=1S/C23H23NO6/c1-5-21(27)22(23(28)18-7-6-13(2)20(12-18)24(29)30)19-11-16(15(4)26)8-9-17(19)10-14(3)25/h5-9,11-13,20,28H,1,10H2,2-4H3/b23-22-. The van der Waals surface area contributed by atoms with Gasteiger partial charge in [-0.1, -0.05) is 37.8 Å². The molecule has 0 fully saturated rings. The lowest BCUT2D eigenvalue weighted by molar-refractivity contribution is -0.515. The second-order valence-electron chi connectivity index (χ2n) is 7.22. The van der Waals surface area contributed by atoms with E-state index in [4.69, 9.17) is 0 Å². The van der Waals surface area contributed by atoms with E-state index >= 15 is 0 Å². The molecular weight excluding hydrogens is 386 g/mol. The van der Waals surface area contributed by atoms with Crippen LogP contribution in [0.1, 0.15) is 42.3 Å². The fraction of sp³-hybridized carbons (Fsp3) is 0.261. The molecule has 2 rings (SSSR count).